The Balaban J connectivity index is 2.12. The van der Waals surface area contributed by atoms with Crippen LogP contribution in [-0.4, -0.2) is 22.5 Å². The average Bonchev–Trinajstić information content (AvgIpc) is 2.29. The average molecular weight is 214 g/mol. The molecule has 0 atom stereocenters. The quantitative estimate of drug-likeness (QED) is 0.647. The third-order valence-electron chi connectivity index (χ3n) is 2.52. The van der Waals surface area contributed by atoms with Gasteiger partial charge in [0.1, 0.15) is 0 Å². The Kier molecular flexibility index (Phi) is 3.43. The first-order valence-corrected chi connectivity index (χ1v) is 5.27. The molecule has 1 saturated heterocycles. The Morgan fingerprint density at radius 3 is 2.06 bits per heavy atom. The Labute approximate surface area is 98.2 Å². The van der Waals surface area contributed by atoms with E-state index in [2.05, 4.69) is 32.9 Å². The van der Waals surface area contributed by atoms with E-state index in [1.165, 1.54) is 20.9 Å². The highest BCUT2D eigenvalue weighted by Crippen LogP contribution is 2.20. The van der Waals surface area contributed by atoms with Crippen molar-refractivity contribution in [3.8, 4) is 0 Å². The van der Waals surface area contributed by atoms with Crippen molar-refractivity contribution in [2.24, 2.45) is 0 Å². The monoisotopic (exact) mass is 214 g/mol. The molecular formula is C10H13B3O3. The molecule has 1 aromatic rings. The SMILES string of the molecule is CC(C)(C)c1ccc(B2O[B]O[B]O2)cc1. The fourth-order valence-electron chi connectivity index (χ4n) is 1.52. The topological polar surface area (TPSA) is 27.7 Å². The molecule has 0 amide bonds. The maximum atomic E-state index is 5.19. The summed E-state index contributed by atoms with van der Waals surface area (Å²) in [5, 5.41) is 0. The van der Waals surface area contributed by atoms with Gasteiger partial charge < -0.3 is 13.7 Å². The van der Waals surface area contributed by atoms with Crippen LogP contribution in [0.2, 0.25) is 0 Å². The van der Waals surface area contributed by atoms with Gasteiger partial charge >= 0.3 is 22.5 Å². The molecular weight excluding hydrogens is 201 g/mol. The predicted octanol–water partition coefficient (Wildman–Crippen LogP) is 0.811. The first-order chi connectivity index (χ1) is 7.57. The molecule has 0 spiro atoms. The second-order valence-electron chi connectivity index (χ2n) is 4.80. The summed E-state index contributed by atoms with van der Waals surface area (Å²) in [6, 6.07) is 8.21. The van der Waals surface area contributed by atoms with Crippen molar-refractivity contribution >= 4 is 28.0 Å². The highest BCUT2D eigenvalue weighted by Gasteiger charge is 2.26. The molecule has 80 valence electrons. The molecule has 1 aromatic carbocycles. The lowest BCUT2D eigenvalue weighted by atomic mass is 9.74. The Bertz CT molecular complexity index is 341. The lowest BCUT2D eigenvalue weighted by molar-refractivity contribution is 0.334. The van der Waals surface area contributed by atoms with E-state index in [1.54, 1.807) is 0 Å². The number of hydrogen-bond donors (Lipinski definition) is 0. The van der Waals surface area contributed by atoms with Crippen molar-refractivity contribution in [2.45, 2.75) is 26.2 Å². The molecule has 2 radical (unpaired) electrons. The summed E-state index contributed by atoms with van der Waals surface area (Å²) in [6.45, 7) is 6.56. The van der Waals surface area contributed by atoms with E-state index in [-0.39, 0.29) is 5.41 Å². The van der Waals surface area contributed by atoms with E-state index in [9.17, 15) is 0 Å². The van der Waals surface area contributed by atoms with Crippen LogP contribution in [0, 0.1) is 0 Å². The third kappa shape index (κ3) is 2.70. The zero-order valence-corrected chi connectivity index (χ0v) is 9.77. The largest absolute Gasteiger partial charge is 0.465 e. The van der Waals surface area contributed by atoms with Crippen molar-refractivity contribution in [3.05, 3.63) is 29.8 Å². The van der Waals surface area contributed by atoms with E-state index < -0.39 is 7.12 Å². The molecule has 3 nitrogen and oxygen atoms in total. The zero-order valence-electron chi connectivity index (χ0n) is 9.77. The zero-order chi connectivity index (χ0) is 11.6. The van der Waals surface area contributed by atoms with Gasteiger partial charge in [-0.05, 0) is 16.4 Å². The third-order valence-corrected chi connectivity index (χ3v) is 2.52. The Morgan fingerprint density at radius 1 is 1.00 bits per heavy atom. The van der Waals surface area contributed by atoms with Gasteiger partial charge in [0.25, 0.3) is 0 Å². The van der Waals surface area contributed by atoms with Crippen molar-refractivity contribution in [3.63, 3.8) is 0 Å². The summed E-state index contributed by atoms with van der Waals surface area (Å²) in [7, 11) is 2.14. The van der Waals surface area contributed by atoms with Crippen LogP contribution in [0.4, 0.5) is 0 Å². The van der Waals surface area contributed by atoms with Gasteiger partial charge in [0.2, 0.25) is 0 Å². The molecule has 1 aliphatic rings. The second kappa shape index (κ2) is 4.66. The molecule has 0 unspecified atom stereocenters. The van der Waals surface area contributed by atoms with E-state index in [0.717, 1.165) is 5.46 Å². The van der Waals surface area contributed by atoms with Crippen LogP contribution in [0.25, 0.3) is 0 Å². The normalized spacial score (nSPS) is 16.6. The van der Waals surface area contributed by atoms with Crippen LogP contribution in [0.15, 0.2) is 24.3 Å². The van der Waals surface area contributed by atoms with Crippen LogP contribution in [0.5, 0.6) is 0 Å². The molecule has 16 heavy (non-hydrogen) atoms. The van der Waals surface area contributed by atoms with Gasteiger partial charge in [-0.15, -0.1) is 0 Å². The molecule has 2 rings (SSSR count). The highest BCUT2D eigenvalue weighted by molar-refractivity contribution is 6.71. The van der Waals surface area contributed by atoms with Crippen LogP contribution in [0.3, 0.4) is 0 Å². The molecule has 1 heterocycles. The van der Waals surface area contributed by atoms with Crippen LogP contribution < -0.4 is 5.46 Å². The minimum atomic E-state index is -0.400. The predicted molar refractivity (Wildman–Crippen MR) is 65.3 cm³/mol. The second-order valence-corrected chi connectivity index (χ2v) is 4.80. The van der Waals surface area contributed by atoms with Gasteiger partial charge in [-0.1, -0.05) is 45.0 Å². The molecule has 0 N–H and O–H groups in total. The minimum absolute atomic E-state index is 0.161. The molecule has 0 bridgehead atoms. The van der Waals surface area contributed by atoms with Gasteiger partial charge in [0.15, 0.2) is 0 Å². The summed E-state index contributed by atoms with van der Waals surface area (Å²) in [4.78, 5) is 0. The fraction of sp³-hybridized carbons (Fsp3) is 0.400. The van der Waals surface area contributed by atoms with Crippen molar-refractivity contribution in [2.75, 3.05) is 0 Å². The first-order valence-electron chi connectivity index (χ1n) is 5.27. The van der Waals surface area contributed by atoms with Gasteiger partial charge in [-0.3, -0.25) is 0 Å². The summed E-state index contributed by atoms with van der Waals surface area (Å²) in [6.07, 6.45) is 0. The smallest absolute Gasteiger partial charge is 0.457 e. The van der Waals surface area contributed by atoms with Gasteiger partial charge in [-0.25, -0.2) is 0 Å². The minimum Gasteiger partial charge on any atom is -0.457 e. The molecule has 1 aliphatic heterocycles. The van der Waals surface area contributed by atoms with Crippen molar-refractivity contribution < 1.29 is 13.7 Å². The molecule has 6 heteroatoms. The summed E-state index contributed by atoms with van der Waals surface area (Å²) in [5.74, 6) is 0. The first kappa shape index (κ1) is 11.8. The number of benzene rings is 1. The van der Waals surface area contributed by atoms with Crippen molar-refractivity contribution in [1.29, 1.82) is 0 Å². The molecule has 1 fully saturated rings. The van der Waals surface area contributed by atoms with Gasteiger partial charge in [0.05, 0.1) is 0 Å². The van der Waals surface area contributed by atoms with E-state index in [0.29, 0.717) is 0 Å². The Hall–Kier alpha value is -0.705. The van der Waals surface area contributed by atoms with E-state index >= 15 is 0 Å². The lowest BCUT2D eigenvalue weighted by Gasteiger charge is -2.21. The number of rotatable bonds is 1. The summed E-state index contributed by atoms with van der Waals surface area (Å²) >= 11 is 0. The fourth-order valence-corrected chi connectivity index (χ4v) is 1.52. The van der Waals surface area contributed by atoms with Crippen molar-refractivity contribution in [1.82, 2.24) is 0 Å². The van der Waals surface area contributed by atoms with E-state index in [1.807, 2.05) is 12.1 Å². The van der Waals surface area contributed by atoms with Gasteiger partial charge in [0, 0.05) is 0 Å². The molecule has 0 aliphatic carbocycles. The van der Waals surface area contributed by atoms with E-state index in [4.69, 9.17) is 13.7 Å². The molecule has 0 saturated carbocycles. The standard InChI is InChI=1S/C10H13B3O3/c1-10(2,3)8-4-6-9(7-5-8)13-15-11-14-12-16-13/h4-7H,1-3H3. The number of hydrogen-bond acceptors (Lipinski definition) is 3. The Morgan fingerprint density at radius 2 is 1.56 bits per heavy atom. The van der Waals surface area contributed by atoms with Gasteiger partial charge in [-0.2, -0.15) is 0 Å². The maximum Gasteiger partial charge on any atom is 0.465 e. The summed E-state index contributed by atoms with van der Waals surface area (Å²) in [5.41, 5.74) is 2.42. The molecule has 0 aromatic heterocycles. The van der Waals surface area contributed by atoms with Crippen LogP contribution in [0.1, 0.15) is 26.3 Å². The van der Waals surface area contributed by atoms with Crippen LogP contribution >= 0.6 is 0 Å². The highest BCUT2D eigenvalue weighted by atomic mass is 16.7. The van der Waals surface area contributed by atoms with Crippen LogP contribution in [-0.2, 0) is 19.1 Å². The maximum absolute atomic E-state index is 5.19. The summed E-state index contributed by atoms with van der Waals surface area (Å²) < 4.78 is 15.1. The lowest BCUT2D eigenvalue weighted by Crippen LogP contribution is -2.44.